The molecule has 4 heterocycles. The van der Waals surface area contributed by atoms with Crippen molar-refractivity contribution in [1.29, 1.82) is 0 Å². The van der Waals surface area contributed by atoms with E-state index in [0.717, 1.165) is 24.2 Å². The minimum Gasteiger partial charge on any atom is -0.339 e. The molecule has 8 nitrogen and oxygen atoms in total. The SMILES string of the molecule is Cn1cnc(S(=O)(=O)N2CCC(c3ccnc4ccnn34)CC2)c1. The van der Waals surface area contributed by atoms with Crippen molar-refractivity contribution in [2.24, 2.45) is 7.05 Å². The molecule has 1 aliphatic rings. The second-order valence-electron chi connectivity index (χ2n) is 6.03. The summed E-state index contributed by atoms with van der Waals surface area (Å²) >= 11 is 0. The fourth-order valence-corrected chi connectivity index (χ4v) is 4.64. The molecule has 126 valence electrons. The number of aryl methyl sites for hydroxylation is 1. The van der Waals surface area contributed by atoms with E-state index in [9.17, 15) is 8.42 Å². The lowest BCUT2D eigenvalue weighted by Gasteiger charge is -2.30. The maximum atomic E-state index is 12.6. The van der Waals surface area contributed by atoms with Crippen molar-refractivity contribution in [2.75, 3.05) is 13.1 Å². The lowest BCUT2D eigenvalue weighted by Crippen LogP contribution is -2.38. The molecular formula is C15H18N6O2S. The molecule has 0 N–H and O–H groups in total. The van der Waals surface area contributed by atoms with Gasteiger partial charge < -0.3 is 4.57 Å². The molecule has 9 heteroatoms. The van der Waals surface area contributed by atoms with E-state index >= 15 is 0 Å². The zero-order valence-corrected chi connectivity index (χ0v) is 14.1. The predicted octanol–water partition coefficient (Wildman–Crippen LogP) is 1.03. The van der Waals surface area contributed by atoms with Crippen LogP contribution in [0.3, 0.4) is 0 Å². The van der Waals surface area contributed by atoms with Gasteiger partial charge in [0.2, 0.25) is 0 Å². The third kappa shape index (κ3) is 2.49. The van der Waals surface area contributed by atoms with Crippen LogP contribution < -0.4 is 0 Å². The minimum atomic E-state index is -3.51. The zero-order valence-electron chi connectivity index (χ0n) is 13.3. The molecule has 0 radical (unpaired) electrons. The van der Waals surface area contributed by atoms with Crippen molar-refractivity contribution in [3.05, 3.63) is 42.7 Å². The maximum Gasteiger partial charge on any atom is 0.262 e. The molecule has 0 aromatic carbocycles. The Kier molecular flexibility index (Phi) is 3.61. The van der Waals surface area contributed by atoms with E-state index in [2.05, 4.69) is 15.1 Å². The number of nitrogens with zero attached hydrogens (tertiary/aromatic N) is 6. The molecule has 0 spiro atoms. The first-order valence-electron chi connectivity index (χ1n) is 7.82. The van der Waals surface area contributed by atoms with Crippen molar-refractivity contribution in [3.8, 4) is 0 Å². The van der Waals surface area contributed by atoms with Gasteiger partial charge in [-0.25, -0.2) is 22.9 Å². The van der Waals surface area contributed by atoms with Crippen LogP contribution in [0.5, 0.6) is 0 Å². The van der Waals surface area contributed by atoms with Gasteiger partial charge in [-0.05, 0) is 18.9 Å². The second-order valence-corrected chi connectivity index (χ2v) is 7.91. The van der Waals surface area contributed by atoms with Gasteiger partial charge in [0.15, 0.2) is 10.7 Å². The molecule has 0 atom stereocenters. The van der Waals surface area contributed by atoms with Crippen LogP contribution in [0.25, 0.3) is 5.65 Å². The van der Waals surface area contributed by atoms with Crippen LogP contribution in [-0.2, 0) is 17.1 Å². The van der Waals surface area contributed by atoms with Gasteiger partial charge in [-0.3, -0.25) is 0 Å². The van der Waals surface area contributed by atoms with Crippen molar-refractivity contribution < 1.29 is 8.42 Å². The van der Waals surface area contributed by atoms with E-state index in [4.69, 9.17) is 0 Å². The first-order valence-corrected chi connectivity index (χ1v) is 9.26. The highest BCUT2D eigenvalue weighted by atomic mass is 32.2. The van der Waals surface area contributed by atoms with E-state index < -0.39 is 10.0 Å². The highest BCUT2D eigenvalue weighted by Crippen LogP contribution is 2.30. The average Bonchev–Trinajstić information content (AvgIpc) is 3.23. The van der Waals surface area contributed by atoms with Gasteiger partial charge in [0.25, 0.3) is 10.0 Å². The summed E-state index contributed by atoms with van der Waals surface area (Å²) in [6.45, 7) is 0.962. The van der Waals surface area contributed by atoms with Gasteiger partial charge in [-0.2, -0.15) is 9.40 Å². The normalized spacial score (nSPS) is 17.5. The fourth-order valence-electron chi connectivity index (χ4n) is 3.21. The lowest BCUT2D eigenvalue weighted by molar-refractivity contribution is 0.314. The van der Waals surface area contributed by atoms with Gasteiger partial charge >= 0.3 is 0 Å². The van der Waals surface area contributed by atoms with Gasteiger partial charge in [0.05, 0.1) is 12.5 Å². The summed E-state index contributed by atoms with van der Waals surface area (Å²) in [6, 6.07) is 3.83. The number of hydrogen-bond donors (Lipinski definition) is 0. The number of rotatable bonds is 3. The van der Waals surface area contributed by atoms with E-state index in [1.165, 1.54) is 16.8 Å². The van der Waals surface area contributed by atoms with Crippen molar-refractivity contribution in [3.63, 3.8) is 0 Å². The number of hydrogen-bond acceptors (Lipinski definition) is 5. The summed E-state index contributed by atoms with van der Waals surface area (Å²) in [5.41, 5.74) is 1.90. The first-order chi connectivity index (χ1) is 11.6. The van der Waals surface area contributed by atoms with Crippen LogP contribution in [0, 0.1) is 0 Å². The summed E-state index contributed by atoms with van der Waals surface area (Å²) in [6.07, 6.45) is 8.06. The van der Waals surface area contributed by atoms with Gasteiger partial charge in [0.1, 0.15) is 0 Å². The Hall–Kier alpha value is -2.26. The minimum absolute atomic E-state index is 0.113. The number of imidazole rings is 1. The van der Waals surface area contributed by atoms with Crippen LogP contribution in [0.1, 0.15) is 24.5 Å². The maximum absolute atomic E-state index is 12.6. The molecule has 0 unspecified atom stereocenters. The monoisotopic (exact) mass is 346 g/mol. The number of aromatic nitrogens is 5. The van der Waals surface area contributed by atoms with Crippen LogP contribution in [-0.4, -0.2) is 50.0 Å². The van der Waals surface area contributed by atoms with E-state index in [-0.39, 0.29) is 10.9 Å². The topological polar surface area (TPSA) is 85.4 Å². The molecule has 3 aromatic heterocycles. The van der Waals surface area contributed by atoms with E-state index in [0.29, 0.717) is 13.1 Å². The summed E-state index contributed by atoms with van der Waals surface area (Å²) in [7, 11) is -1.75. The Labute approximate surface area is 139 Å². The molecule has 1 aliphatic heterocycles. The van der Waals surface area contributed by atoms with Gasteiger partial charge in [0, 0.05) is 50.2 Å². The lowest BCUT2D eigenvalue weighted by atomic mass is 9.94. The molecule has 1 saturated heterocycles. The van der Waals surface area contributed by atoms with Crippen molar-refractivity contribution in [1.82, 2.24) is 28.5 Å². The molecule has 24 heavy (non-hydrogen) atoms. The zero-order chi connectivity index (χ0) is 16.7. The summed E-state index contributed by atoms with van der Waals surface area (Å²) in [5.74, 6) is 0.269. The Morgan fingerprint density at radius 2 is 1.92 bits per heavy atom. The Morgan fingerprint density at radius 1 is 1.12 bits per heavy atom. The Balaban J connectivity index is 1.54. The number of fused-ring (bicyclic) bond motifs is 1. The summed E-state index contributed by atoms with van der Waals surface area (Å²) in [4.78, 5) is 8.26. The first kappa shape index (κ1) is 15.3. The number of piperidine rings is 1. The average molecular weight is 346 g/mol. The van der Waals surface area contributed by atoms with Crippen LogP contribution in [0.4, 0.5) is 0 Å². The van der Waals surface area contributed by atoms with Gasteiger partial charge in [-0.15, -0.1) is 0 Å². The molecule has 0 aliphatic carbocycles. The second kappa shape index (κ2) is 5.67. The molecule has 4 rings (SSSR count). The molecule has 0 amide bonds. The quantitative estimate of drug-likeness (QED) is 0.707. The van der Waals surface area contributed by atoms with Crippen molar-refractivity contribution in [2.45, 2.75) is 23.8 Å². The standard InChI is InChI=1S/C15H18N6O2S/c1-19-10-15(17-11-19)24(22,23)20-8-4-12(5-9-20)13-2-6-16-14-3-7-18-21(13)14/h2-3,6-7,10-12H,4-5,8-9H2,1H3. The molecule has 0 saturated carbocycles. The van der Waals surface area contributed by atoms with E-state index in [1.54, 1.807) is 24.0 Å². The molecule has 0 bridgehead atoms. The van der Waals surface area contributed by atoms with Crippen LogP contribution in [0.2, 0.25) is 0 Å². The molecular weight excluding hydrogens is 328 g/mol. The largest absolute Gasteiger partial charge is 0.339 e. The van der Waals surface area contributed by atoms with Crippen molar-refractivity contribution >= 4 is 15.7 Å². The van der Waals surface area contributed by atoms with Gasteiger partial charge in [-0.1, -0.05) is 0 Å². The molecule has 1 fully saturated rings. The molecule has 3 aromatic rings. The Morgan fingerprint density at radius 3 is 2.62 bits per heavy atom. The van der Waals surface area contributed by atoms with Crippen LogP contribution in [0.15, 0.2) is 42.1 Å². The highest BCUT2D eigenvalue weighted by molar-refractivity contribution is 7.89. The fraction of sp³-hybridized carbons (Fsp3) is 0.400. The van der Waals surface area contributed by atoms with Crippen LogP contribution >= 0.6 is 0 Å². The smallest absolute Gasteiger partial charge is 0.262 e. The Bertz CT molecular complexity index is 969. The highest BCUT2D eigenvalue weighted by Gasteiger charge is 2.32. The summed E-state index contributed by atoms with van der Waals surface area (Å²) in [5, 5.41) is 4.43. The predicted molar refractivity (Wildman–Crippen MR) is 86.9 cm³/mol. The third-order valence-corrected chi connectivity index (χ3v) is 6.26. The summed E-state index contributed by atoms with van der Waals surface area (Å²) < 4.78 is 30.3. The number of sulfonamides is 1. The van der Waals surface area contributed by atoms with E-state index in [1.807, 2.05) is 16.6 Å². The third-order valence-electron chi connectivity index (χ3n) is 4.48.